The van der Waals surface area contributed by atoms with Crippen LogP contribution in [0.25, 0.3) is 0 Å². The van der Waals surface area contributed by atoms with Gasteiger partial charge in [0.1, 0.15) is 5.75 Å². The summed E-state index contributed by atoms with van der Waals surface area (Å²) in [6, 6.07) is 15.4. The molecule has 0 fully saturated rings. The van der Waals surface area contributed by atoms with Gasteiger partial charge in [-0.1, -0.05) is 42.0 Å². The molecular weight excluding hydrogens is 264 g/mol. The third kappa shape index (κ3) is 5.10. The monoisotopic (exact) mass is 282 g/mol. The van der Waals surface area contributed by atoms with Gasteiger partial charge in [0.25, 0.3) is 5.91 Å². The largest absolute Gasteiger partial charge is 0.484 e. The predicted molar refractivity (Wildman–Crippen MR) is 83.6 cm³/mol. The van der Waals surface area contributed by atoms with Crippen LogP contribution < -0.4 is 10.2 Å². The third-order valence-corrected chi connectivity index (χ3v) is 2.80. The van der Waals surface area contributed by atoms with E-state index < -0.39 is 0 Å². The van der Waals surface area contributed by atoms with Gasteiger partial charge in [0.05, 0.1) is 6.21 Å². The fourth-order valence-electron chi connectivity index (χ4n) is 1.82. The van der Waals surface area contributed by atoms with E-state index in [0.29, 0.717) is 5.75 Å². The van der Waals surface area contributed by atoms with E-state index in [9.17, 15) is 4.79 Å². The number of rotatable bonds is 5. The fraction of sp³-hybridized carbons (Fsp3) is 0.176. The number of hydrazone groups is 1. The maximum Gasteiger partial charge on any atom is 0.277 e. The van der Waals surface area contributed by atoms with Gasteiger partial charge in [0, 0.05) is 0 Å². The molecule has 0 aromatic heterocycles. The predicted octanol–water partition coefficient (Wildman–Crippen LogP) is 2.83. The zero-order chi connectivity index (χ0) is 15.1. The zero-order valence-corrected chi connectivity index (χ0v) is 12.2. The molecule has 108 valence electrons. The number of nitrogens with zero attached hydrogens (tertiary/aromatic N) is 1. The van der Waals surface area contributed by atoms with Crippen LogP contribution in [0.4, 0.5) is 0 Å². The maximum atomic E-state index is 11.6. The number of carbonyl (C=O) groups excluding carboxylic acids is 1. The Balaban J connectivity index is 1.80. The molecule has 0 atom stereocenters. The summed E-state index contributed by atoms with van der Waals surface area (Å²) in [6.45, 7) is 3.92. The molecule has 0 spiro atoms. The highest BCUT2D eigenvalue weighted by Gasteiger charge is 2.01. The summed E-state index contributed by atoms with van der Waals surface area (Å²) in [5.41, 5.74) is 5.62. The van der Waals surface area contributed by atoms with Gasteiger partial charge >= 0.3 is 0 Å². The first-order chi connectivity index (χ1) is 10.1. The Morgan fingerprint density at radius 2 is 1.86 bits per heavy atom. The normalized spacial score (nSPS) is 10.6. The fourth-order valence-corrected chi connectivity index (χ4v) is 1.82. The zero-order valence-electron chi connectivity index (χ0n) is 12.2. The lowest BCUT2D eigenvalue weighted by Gasteiger charge is -2.05. The molecule has 1 amide bonds. The lowest BCUT2D eigenvalue weighted by Crippen LogP contribution is -2.24. The van der Waals surface area contributed by atoms with Crippen LogP contribution in [-0.2, 0) is 4.79 Å². The topological polar surface area (TPSA) is 50.7 Å². The number of aryl methyl sites for hydroxylation is 2. The van der Waals surface area contributed by atoms with E-state index >= 15 is 0 Å². The van der Waals surface area contributed by atoms with Crippen LogP contribution in [0.15, 0.2) is 53.6 Å². The van der Waals surface area contributed by atoms with Crippen molar-refractivity contribution in [3.05, 3.63) is 65.2 Å². The molecule has 0 aliphatic heterocycles. The molecule has 0 saturated heterocycles. The van der Waals surface area contributed by atoms with Crippen LogP contribution in [-0.4, -0.2) is 18.7 Å². The summed E-state index contributed by atoms with van der Waals surface area (Å²) in [5.74, 6) is 0.383. The summed E-state index contributed by atoms with van der Waals surface area (Å²) in [5, 5.41) is 3.91. The van der Waals surface area contributed by atoms with Crippen LogP contribution in [0.1, 0.15) is 16.7 Å². The van der Waals surface area contributed by atoms with E-state index in [1.54, 1.807) is 6.21 Å². The summed E-state index contributed by atoms with van der Waals surface area (Å²) in [4.78, 5) is 11.6. The Hall–Kier alpha value is -2.62. The van der Waals surface area contributed by atoms with Gasteiger partial charge in [-0.25, -0.2) is 5.43 Å². The van der Waals surface area contributed by atoms with E-state index in [0.717, 1.165) is 16.7 Å². The highest BCUT2D eigenvalue weighted by molar-refractivity contribution is 5.83. The van der Waals surface area contributed by atoms with Crippen molar-refractivity contribution in [2.45, 2.75) is 13.8 Å². The minimum atomic E-state index is -0.291. The molecule has 0 saturated carbocycles. The molecule has 2 rings (SSSR count). The number of carbonyl (C=O) groups is 1. The number of hydrogen-bond donors (Lipinski definition) is 1. The smallest absolute Gasteiger partial charge is 0.277 e. The van der Waals surface area contributed by atoms with Crippen LogP contribution >= 0.6 is 0 Å². The van der Waals surface area contributed by atoms with E-state index in [-0.39, 0.29) is 12.5 Å². The van der Waals surface area contributed by atoms with Crippen molar-refractivity contribution in [1.29, 1.82) is 0 Å². The molecule has 2 aromatic rings. The first kappa shape index (κ1) is 14.8. The van der Waals surface area contributed by atoms with Gasteiger partial charge in [0.15, 0.2) is 6.61 Å². The second-order valence-corrected chi connectivity index (χ2v) is 4.81. The average Bonchev–Trinajstić information content (AvgIpc) is 2.45. The van der Waals surface area contributed by atoms with Crippen LogP contribution in [0, 0.1) is 13.8 Å². The molecule has 0 aliphatic carbocycles. The molecule has 4 heteroatoms. The molecule has 0 unspecified atom stereocenters. The quantitative estimate of drug-likeness (QED) is 0.677. The maximum absolute atomic E-state index is 11.6. The van der Waals surface area contributed by atoms with E-state index in [4.69, 9.17) is 4.74 Å². The van der Waals surface area contributed by atoms with Crippen molar-refractivity contribution in [3.63, 3.8) is 0 Å². The molecule has 2 aromatic carbocycles. The molecule has 0 heterocycles. The van der Waals surface area contributed by atoms with Crippen molar-refractivity contribution in [3.8, 4) is 5.75 Å². The number of nitrogens with one attached hydrogen (secondary N) is 1. The molecule has 0 bridgehead atoms. The molecule has 4 nitrogen and oxygen atoms in total. The Morgan fingerprint density at radius 1 is 1.14 bits per heavy atom. The molecule has 0 radical (unpaired) electrons. The first-order valence-corrected chi connectivity index (χ1v) is 6.71. The van der Waals surface area contributed by atoms with Crippen molar-refractivity contribution in [1.82, 2.24) is 5.43 Å². The number of amides is 1. The van der Waals surface area contributed by atoms with Crippen LogP contribution in [0.3, 0.4) is 0 Å². The molecule has 1 N–H and O–H groups in total. The van der Waals surface area contributed by atoms with Crippen molar-refractivity contribution in [2.75, 3.05) is 6.61 Å². The van der Waals surface area contributed by atoms with Gasteiger partial charge in [-0.15, -0.1) is 0 Å². The third-order valence-electron chi connectivity index (χ3n) is 2.80. The second-order valence-electron chi connectivity index (χ2n) is 4.81. The summed E-state index contributed by atoms with van der Waals surface area (Å²) in [7, 11) is 0. The standard InChI is InChI=1S/C17H18N2O2/c1-13-5-3-7-15(9-13)11-18-19-17(20)12-21-16-8-4-6-14(2)10-16/h3-11H,12H2,1-2H3,(H,19,20)/b18-11+. The number of hydrogen-bond acceptors (Lipinski definition) is 3. The van der Waals surface area contributed by atoms with Gasteiger partial charge in [0.2, 0.25) is 0 Å². The number of ether oxygens (including phenoxy) is 1. The average molecular weight is 282 g/mol. The van der Waals surface area contributed by atoms with Gasteiger partial charge in [-0.3, -0.25) is 4.79 Å². The Kier molecular flexibility index (Phi) is 5.10. The van der Waals surface area contributed by atoms with Gasteiger partial charge < -0.3 is 4.74 Å². The van der Waals surface area contributed by atoms with Gasteiger partial charge in [-0.05, 0) is 37.1 Å². The SMILES string of the molecule is Cc1cccc(/C=N/NC(=O)COc2cccc(C)c2)c1. The van der Waals surface area contributed by atoms with Crippen molar-refractivity contribution in [2.24, 2.45) is 5.10 Å². The highest BCUT2D eigenvalue weighted by atomic mass is 16.5. The second kappa shape index (κ2) is 7.24. The lowest BCUT2D eigenvalue weighted by molar-refractivity contribution is -0.123. The lowest BCUT2D eigenvalue weighted by atomic mass is 10.2. The van der Waals surface area contributed by atoms with Gasteiger partial charge in [-0.2, -0.15) is 5.10 Å². The molecule has 0 aliphatic rings. The minimum absolute atomic E-state index is 0.0609. The number of benzene rings is 2. The Labute approximate surface area is 124 Å². The Bertz CT molecular complexity index is 651. The highest BCUT2D eigenvalue weighted by Crippen LogP contribution is 2.11. The van der Waals surface area contributed by atoms with Crippen LogP contribution in [0.5, 0.6) is 5.75 Å². The molecular formula is C17H18N2O2. The molecule has 21 heavy (non-hydrogen) atoms. The van der Waals surface area contributed by atoms with E-state index in [1.165, 1.54) is 0 Å². The first-order valence-electron chi connectivity index (χ1n) is 6.71. The summed E-state index contributed by atoms with van der Waals surface area (Å²) >= 11 is 0. The minimum Gasteiger partial charge on any atom is -0.484 e. The van der Waals surface area contributed by atoms with Crippen molar-refractivity contribution >= 4 is 12.1 Å². The summed E-state index contributed by atoms with van der Waals surface area (Å²) in [6.07, 6.45) is 1.61. The Morgan fingerprint density at radius 3 is 2.57 bits per heavy atom. The summed E-state index contributed by atoms with van der Waals surface area (Å²) < 4.78 is 5.38. The van der Waals surface area contributed by atoms with E-state index in [1.807, 2.05) is 62.4 Å². The van der Waals surface area contributed by atoms with Crippen molar-refractivity contribution < 1.29 is 9.53 Å². The van der Waals surface area contributed by atoms with Crippen LogP contribution in [0.2, 0.25) is 0 Å². The van der Waals surface area contributed by atoms with E-state index in [2.05, 4.69) is 10.5 Å².